The summed E-state index contributed by atoms with van der Waals surface area (Å²) in [6.07, 6.45) is 1.77. The largest absolute Gasteiger partial charge is 0.285 e. The van der Waals surface area contributed by atoms with Crippen molar-refractivity contribution in [2.24, 2.45) is 11.8 Å². The second kappa shape index (κ2) is 3.59. The molecule has 1 saturated carbocycles. The second-order valence-electron chi connectivity index (χ2n) is 3.91. The van der Waals surface area contributed by atoms with E-state index in [2.05, 4.69) is 31.9 Å². The summed E-state index contributed by atoms with van der Waals surface area (Å²) >= 11 is 7.04. The molecule has 1 aliphatic heterocycles. The topological polar surface area (TPSA) is 37.4 Å². The summed E-state index contributed by atoms with van der Waals surface area (Å²) < 4.78 is 0. The van der Waals surface area contributed by atoms with Gasteiger partial charge in [0.2, 0.25) is 11.8 Å². The lowest BCUT2D eigenvalue weighted by molar-refractivity contribution is -0.138. The summed E-state index contributed by atoms with van der Waals surface area (Å²) in [5.41, 5.74) is 0. The number of imide groups is 1. The van der Waals surface area contributed by atoms with Gasteiger partial charge < -0.3 is 0 Å². The Morgan fingerprint density at radius 3 is 2.50 bits per heavy atom. The molecule has 14 heavy (non-hydrogen) atoms. The van der Waals surface area contributed by atoms with Gasteiger partial charge in [0.25, 0.3) is 0 Å². The van der Waals surface area contributed by atoms with E-state index in [1.165, 1.54) is 4.90 Å². The zero-order valence-corrected chi connectivity index (χ0v) is 10.9. The number of nitrogens with zero attached hydrogens (tertiary/aromatic N) is 1. The molecule has 4 atom stereocenters. The Morgan fingerprint density at radius 1 is 1.21 bits per heavy atom. The van der Waals surface area contributed by atoms with Crippen LogP contribution in [-0.4, -0.2) is 33.4 Å². The molecule has 0 bridgehead atoms. The highest BCUT2D eigenvalue weighted by molar-refractivity contribution is 9.12. The van der Waals surface area contributed by atoms with Crippen LogP contribution in [0, 0.1) is 11.8 Å². The molecular weight excluding hydrogens is 314 g/mol. The van der Waals surface area contributed by atoms with Crippen LogP contribution < -0.4 is 0 Å². The van der Waals surface area contributed by atoms with Crippen molar-refractivity contribution in [2.45, 2.75) is 22.5 Å². The first-order chi connectivity index (χ1) is 6.54. The van der Waals surface area contributed by atoms with Crippen LogP contribution in [0.3, 0.4) is 0 Å². The van der Waals surface area contributed by atoms with Crippen LogP contribution in [0.15, 0.2) is 0 Å². The van der Waals surface area contributed by atoms with Gasteiger partial charge in [0.05, 0.1) is 11.8 Å². The lowest BCUT2D eigenvalue weighted by Crippen LogP contribution is -2.37. The molecule has 78 valence electrons. The Bertz CT molecular complexity index is 295. The summed E-state index contributed by atoms with van der Waals surface area (Å²) in [5.74, 6) is -0.300. The van der Waals surface area contributed by atoms with E-state index in [4.69, 9.17) is 0 Å². The second-order valence-corrected chi connectivity index (χ2v) is 6.14. The number of carbonyl (C=O) groups excluding carboxylic acids is 2. The monoisotopic (exact) mass is 323 g/mol. The van der Waals surface area contributed by atoms with E-state index in [0.29, 0.717) is 4.83 Å². The number of alkyl halides is 2. The van der Waals surface area contributed by atoms with Crippen LogP contribution in [0.1, 0.15) is 12.8 Å². The fraction of sp³-hybridized carbons (Fsp3) is 0.778. The molecule has 0 aromatic heterocycles. The Hall–Kier alpha value is 0.1000. The standard InChI is InChI=1S/C9H11Br2NO2/c1-12-8(13)4-2-3-5(10)7(11)6(4)9(12)14/h4-7H,2-3H2,1H3. The van der Waals surface area contributed by atoms with Crippen LogP contribution in [0.2, 0.25) is 0 Å². The van der Waals surface area contributed by atoms with Crippen LogP contribution in [-0.2, 0) is 9.59 Å². The van der Waals surface area contributed by atoms with Gasteiger partial charge in [0, 0.05) is 16.7 Å². The molecule has 4 unspecified atom stereocenters. The minimum absolute atomic E-state index is 0.0103. The van der Waals surface area contributed by atoms with E-state index in [1.54, 1.807) is 7.05 Å². The molecule has 0 aromatic carbocycles. The Labute approximate surface area is 99.5 Å². The fourth-order valence-electron chi connectivity index (χ4n) is 2.29. The van der Waals surface area contributed by atoms with Crippen LogP contribution in [0.5, 0.6) is 0 Å². The van der Waals surface area contributed by atoms with Crippen molar-refractivity contribution in [3.63, 3.8) is 0 Å². The lowest BCUT2D eigenvalue weighted by Gasteiger charge is -2.30. The third-order valence-electron chi connectivity index (χ3n) is 3.14. The number of hydrogen-bond donors (Lipinski definition) is 0. The molecule has 1 saturated heterocycles. The molecule has 1 heterocycles. The van der Waals surface area contributed by atoms with Gasteiger partial charge in [-0.1, -0.05) is 31.9 Å². The first-order valence-electron chi connectivity index (χ1n) is 4.63. The van der Waals surface area contributed by atoms with E-state index in [1.807, 2.05) is 0 Å². The Kier molecular flexibility index (Phi) is 2.72. The minimum atomic E-state index is -0.161. The zero-order valence-electron chi connectivity index (χ0n) is 7.74. The molecule has 5 heteroatoms. The first kappa shape index (κ1) is 10.6. The predicted molar refractivity (Wildman–Crippen MR) is 59.4 cm³/mol. The number of hydrogen-bond acceptors (Lipinski definition) is 2. The van der Waals surface area contributed by atoms with Gasteiger partial charge in [-0.05, 0) is 12.8 Å². The highest BCUT2D eigenvalue weighted by Gasteiger charge is 2.52. The Morgan fingerprint density at radius 2 is 1.86 bits per heavy atom. The van der Waals surface area contributed by atoms with E-state index >= 15 is 0 Å². The highest BCUT2D eigenvalue weighted by Crippen LogP contribution is 2.43. The van der Waals surface area contributed by atoms with Crippen molar-refractivity contribution in [1.82, 2.24) is 4.90 Å². The van der Waals surface area contributed by atoms with Crippen LogP contribution in [0.4, 0.5) is 0 Å². The molecule has 0 N–H and O–H groups in total. The smallest absolute Gasteiger partial charge is 0.233 e. The van der Waals surface area contributed by atoms with Gasteiger partial charge in [0.15, 0.2) is 0 Å². The van der Waals surface area contributed by atoms with E-state index in [-0.39, 0.29) is 28.5 Å². The minimum Gasteiger partial charge on any atom is -0.285 e. The van der Waals surface area contributed by atoms with Crippen molar-refractivity contribution in [3.05, 3.63) is 0 Å². The van der Waals surface area contributed by atoms with Crippen LogP contribution in [0.25, 0.3) is 0 Å². The summed E-state index contributed by atoms with van der Waals surface area (Å²) in [5, 5.41) is 0. The summed E-state index contributed by atoms with van der Waals surface area (Å²) in [6.45, 7) is 0. The summed E-state index contributed by atoms with van der Waals surface area (Å²) in [4.78, 5) is 25.1. The van der Waals surface area contributed by atoms with E-state index < -0.39 is 0 Å². The molecule has 3 nitrogen and oxygen atoms in total. The van der Waals surface area contributed by atoms with Crippen molar-refractivity contribution in [3.8, 4) is 0 Å². The van der Waals surface area contributed by atoms with Gasteiger partial charge in [-0.2, -0.15) is 0 Å². The van der Waals surface area contributed by atoms with Crippen molar-refractivity contribution in [2.75, 3.05) is 7.05 Å². The number of fused-ring (bicyclic) bond motifs is 1. The number of rotatable bonds is 0. The first-order valence-corrected chi connectivity index (χ1v) is 6.46. The average molecular weight is 325 g/mol. The molecule has 2 aliphatic rings. The maximum Gasteiger partial charge on any atom is 0.233 e. The third-order valence-corrected chi connectivity index (χ3v) is 6.08. The molecule has 2 amide bonds. The molecular formula is C9H11Br2NO2. The lowest BCUT2D eigenvalue weighted by atomic mass is 9.81. The normalized spacial score (nSPS) is 42.9. The maximum atomic E-state index is 11.8. The number of carbonyl (C=O) groups is 2. The third kappa shape index (κ3) is 1.36. The fourth-order valence-corrected chi connectivity index (χ4v) is 3.74. The molecule has 0 aromatic rings. The summed E-state index contributed by atoms with van der Waals surface area (Å²) in [7, 11) is 1.58. The number of halogens is 2. The van der Waals surface area contributed by atoms with Gasteiger partial charge in [-0.25, -0.2) is 0 Å². The summed E-state index contributed by atoms with van der Waals surface area (Å²) in [6, 6.07) is 0. The van der Waals surface area contributed by atoms with Gasteiger partial charge in [-0.15, -0.1) is 0 Å². The van der Waals surface area contributed by atoms with Crippen molar-refractivity contribution >= 4 is 43.7 Å². The maximum absolute atomic E-state index is 11.8. The Balaban J connectivity index is 2.30. The molecule has 0 spiro atoms. The van der Waals surface area contributed by atoms with Crippen molar-refractivity contribution < 1.29 is 9.59 Å². The number of likely N-dealkylation sites (tertiary alicyclic amines) is 1. The van der Waals surface area contributed by atoms with Gasteiger partial charge in [-0.3, -0.25) is 14.5 Å². The quantitative estimate of drug-likeness (QED) is 0.500. The van der Waals surface area contributed by atoms with Gasteiger partial charge >= 0.3 is 0 Å². The van der Waals surface area contributed by atoms with Crippen molar-refractivity contribution in [1.29, 1.82) is 0 Å². The SMILES string of the molecule is CN1C(=O)C2CCC(Br)C(Br)C2C1=O. The zero-order chi connectivity index (χ0) is 10.5. The van der Waals surface area contributed by atoms with Gasteiger partial charge in [0.1, 0.15) is 0 Å². The van der Waals surface area contributed by atoms with E-state index in [9.17, 15) is 9.59 Å². The average Bonchev–Trinajstić information content (AvgIpc) is 2.38. The highest BCUT2D eigenvalue weighted by atomic mass is 79.9. The predicted octanol–water partition coefficient (Wildman–Crippen LogP) is 1.54. The van der Waals surface area contributed by atoms with E-state index in [0.717, 1.165) is 12.8 Å². The molecule has 0 radical (unpaired) electrons. The molecule has 2 fully saturated rings. The van der Waals surface area contributed by atoms with Crippen LogP contribution >= 0.6 is 31.9 Å². The molecule has 1 aliphatic carbocycles. The molecule has 2 rings (SSSR count). The number of amides is 2.